The monoisotopic (exact) mass is 376 g/mol. The first-order valence-corrected chi connectivity index (χ1v) is 8.61. The van der Waals surface area contributed by atoms with Crippen molar-refractivity contribution in [3.63, 3.8) is 0 Å². The summed E-state index contributed by atoms with van der Waals surface area (Å²) in [5.74, 6) is 0.537. The van der Waals surface area contributed by atoms with Crippen molar-refractivity contribution in [3.05, 3.63) is 72.4 Å². The van der Waals surface area contributed by atoms with Crippen molar-refractivity contribution >= 4 is 34.7 Å². The van der Waals surface area contributed by atoms with Gasteiger partial charge in [-0.2, -0.15) is 0 Å². The maximum Gasteiger partial charge on any atom is 0.259 e. The van der Waals surface area contributed by atoms with Crippen molar-refractivity contribution in [2.45, 2.75) is 6.92 Å². The molecule has 7 nitrogen and oxygen atoms in total. The zero-order valence-corrected chi connectivity index (χ0v) is 15.5. The molecule has 0 radical (unpaired) electrons. The summed E-state index contributed by atoms with van der Waals surface area (Å²) in [4.78, 5) is 28.3. The van der Waals surface area contributed by atoms with Crippen molar-refractivity contribution in [3.8, 4) is 5.75 Å². The Balaban J connectivity index is 1.82. The van der Waals surface area contributed by atoms with Gasteiger partial charge in [0.15, 0.2) is 0 Å². The van der Waals surface area contributed by atoms with E-state index in [2.05, 4.69) is 20.9 Å². The Labute approximate surface area is 162 Å². The molecule has 0 fully saturated rings. The lowest BCUT2D eigenvalue weighted by Crippen LogP contribution is -2.15. The van der Waals surface area contributed by atoms with Crippen molar-refractivity contribution < 1.29 is 14.3 Å². The number of nitrogens with one attached hydrogen (secondary N) is 3. The summed E-state index contributed by atoms with van der Waals surface area (Å²) in [6.45, 7) is 1.43. The first-order chi connectivity index (χ1) is 13.6. The Morgan fingerprint density at radius 3 is 2.43 bits per heavy atom. The van der Waals surface area contributed by atoms with Gasteiger partial charge in [-0.25, -0.2) is 4.98 Å². The summed E-state index contributed by atoms with van der Waals surface area (Å²) in [5.41, 5.74) is 2.23. The van der Waals surface area contributed by atoms with Crippen LogP contribution < -0.4 is 20.7 Å². The number of hydrogen-bond acceptors (Lipinski definition) is 5. The summed E-state index contributed by atoms with van der Waals surface area (Å²) in [7, 11) is 1.58. The first kappa shape index (κ1) is 18.9. The molecule has 3 rings (SSSR count). The number of hydrogen-bond donors (Lipinski definition) is 3. The highest BCUT2D eigenvalue weighted by atomic mass is 16.5. The molecule has 0 aliphatic rings. The van der Waals surface area contributed by atoms with Gasteiger partial charge in [0.2, 0.25) is 5.91 Å². The number of methoxy groups -OCH3 is 1. The van der Waals surface area contributed by atoms with E-state index in [1.165, 1.54) is 6.92 Å². The zero-order valence-electron chi connectivity index (χ0n) is 15.5. The van der Waals surface area contributed by atoms with E-state index >= 15 is 0 Å². The van der Waals surface area contributed by atoms with Gasteiger partial charge in [-0.05, 0) is 42.5 Å². The quantitative estimate of drug-likeness (QED) is 0.604. The Hall–Kier alpha value is -3.87. The lowest BCUT2D eigenvalue weighted by molar-refractivity contribution is -0.114. The molecular formula is C21H20N4O3. The first-order valence-electron chi connectivity index (χ1n) is 8.61. The topological polar surface area (TPSA) is 92.3 Å². The number of rotatable bonds is 6. The number of ether oxygens (including phenoxy) is 1. The maximum atomic E-state index is 12.8. The molecule has 2 amide bonds. The number of pyridine rings is 1. The highest BCUT2D eigenvalue weighted by Crippen LogP contribution is 2.28. The smallest absolute Gasteiger partial charge is 0.259 e. The van der Waals surface area contributed by atoms with Gasteiger partial charge >= 0.3 is 0 Å². The number of nitrogens with zero attached hydrogens (tertiary/aromatic N) is 1. The summed E-state index contributed by atoms with van der Waals surface area (Å²) >= 11 is 0. The van der Waals surface area contributed by atoms with E-state index in [0.717, 1.165) is 0 Å². The lowest BCUT2D eigenvalue weighted by Gasteiger charge is -2.14. The van der Waals surface area contributed by atoms with Crippen LogP contribution in [-0.2, 0) is 4.79 Å². The molecule has 3 aromatic rings. The molecule has 3 N–H and O–H groups in total. The minimum atomic E-state index is -0.328. The molecule has 7 heteroatoms. The SMILES string of the molecule is COc1ccccc1Nc1ncccc1C(=O)Nc1cccc(NC(C)=O)c1. The third-order valence-electron chi connectivity index (χ3n) is 3.85. The molecular weight excluding hydrogens is 356 g/mol. The summed E-state index contributed by atoms with van der Waals surface area (Å²) < 4.78 is 5.33. The third kappa shape index (κ3) is 4.64. The second kappa shape index (κ2) is 8.68. The number of benzene rings is 2. The van der Waals surface area contributed by atoms with E-state index in [9.17, 15) is 9.59 Å². The second-order valence-corrected chi connectivity index (χ2v) is 5.94. The number of aromatic nitrogens is 1. The van der Waals surface area contributed by atoms with Crippen molar-refractivity contribution in [2.24, 2.45) is 0 Å². The van der Waals surface area contributed by atoms with Crippen molar-refractivity contribution in [1.82, 2.24) is 4.98 Å². The van der Waals surface area contributed by atoms with Crippen molar-refractivity contribution in [2.75, 3.05) is 23.1 Å². The van der Waals surface area contributed by atoms with Crippen LogP contribution in [0.2, 0.25) is 0 Å². The van der Waals surface area contributed by atoms with Gasteiger partial charge < -0.3 is 20.7 Å². The molecule has 0 atom stereocenters. The van der Waals surface area contributed by atoms with Gasteiger partial charge in [0.05, 0.1) is 18.4 Å². The van der Waals surface area contributed by atoms with Crippen LogP contribution >= 0.6 is 0 Å². The molecule has 0 unspecified atom stereocenters. The summed E-state index contributed by atoms with van der Waals surface area (Å²) in [6, 6.07) is 17.7. The molecule has 28 heavy (non-hydrogen) atoms. The minimum absolute atomic E-state index is 0.181. The molecule has 0 saturated carbocycles. The molecule has 1 heterocycles. The van der Waals surface area contributed by atoms with Crippen LogP contribution in [0.1, 0.15) is 17.3 Å². The van der Waals surface area contributed by atoms with Gasteiger partial charge in [0.25, 0.3) is 5.91 Å². The second-order valence-electron chi connectivity index (χ2n) is 5.94. The molecule has 0 bridgehead atoms. The number of para-hydroxylation sites is 2. The molecule has 0 aliphatic heterocycles. The van der Waals surface area contributed by atoms with Crippen LogP contribution in [-0.4, -0.2) is 23.9 Å². The Bertz CT molecular complexity index is 1000. The third-order valence-corrected chi connectivity index (χ3v) is 3.85. The summed E-state index contributed by atoms with van der Waals surface area (Å²) in [6.07, 6.45) is 1.60. The van der Waals surface area contributed by atoms with E-state index < -0.39 is 0 Å². The maximum absolute atomic E-state index is 12.8. The average Bonchev–Trinajstić information content (AvgIpc) is 2.68. The van der Waals surface area contributed by atoms with E-state index in [4.69, 9.17) is 4.74 Å². The predicted molar refractivity (Wildman–Crippen MR) is 109 cm³/mol. The fraction of sp³-hybridized carbons (Fsp3) is 0.0952. The molecule has 1 aromatic heterocycles. The van der Waals surface area contributed by atoms with E-state index in [0.29, 0.717) is 34.2 Å². The predicted octanol–water partition coefficient (Wildman–Crippen LogP) is 4.04. The van der Waals surface area contributed by atoms with Gasteiger partial charge in [-0.15, -0.1) is 0 Å². The van der Waals surface area contributed by atoms with Gasteiger partial charge in [-0.1, -0.05) is 18.2 Å². The van der Waals surface area contributed by atoms with Crippen LogP contribution in [0.4, 0.5) is 22.9 Å². The van der Waals surface area contributed by atoms with E-state index in [1.54, 1.807) is 49.7 Å². The highest BCUT2D eigenvalue weighted by Gasteiger charge is 2.14. The lowest BCUT2D eigenvalue weighted by atomic mass is 10.2. The van der Waals surface area contributed by atoms with Crippen LogP contribution in [0.5, 0.6) is 5.75 Å². The van der Waals surface area contributed by atoms with Crippen LogP contribution in [0.15, 0.2) is 66.9 Å². The van der Waals surface area contributed by atoms with Gasteiger partial charge in [-0.3, -0.25) is 9.59 Å². The standard InChI is InChI=1S/C21H20N4O3/c1-14(26)23-15-7-5-8-16(13-15)24-21(27)17-9-6-12-22-20(17)25-18-10-3-4-11-19(18)28-2/h3-13H,1-2H3,(H,22,25)(H,23,26)(H,24,27). The molecule has 0 spiro atoms. The number of anilines is 4. The van der Waals surface area contributed by atoms with Crippen LogP contribution in [0, 0.1) is 0 Å². The average molecular weight is 376 g/mol. The summed E-state index contributed by atoms with van der Waals surface area (Å²) in [5, 5.41) is 8.65. The fourth-order valence-corrected chi connectivity index (χ4v) is 2.64. The van der Waals surface area contributed by atoms with E-state index in [-0.39, 0.29) is 11.8 Å². The molecule has 0 saturated heterocycles. The number of amides is 2. The normalized spacial score (nSPS) is 10.1. The fourth-order valence-electron chi connectivity index (χ4n) is 2.64. The zero-order chi connectivity index (χ0) is 19.9. The van der Waals surface area contributed by atoms with Gasteiger partial charge in [0, 0.05) is 24.5 Å². The van der Waals surface area contributed by atoms with E-state index in [1.807, 2.05) is 24.3 Å². The molecule has 2 aromatic carbocycles. The molecule has 142 valence electrons. The highest BCUT2D eigenvalue weighted by molar-refractivity contribution is 6.08. The minimum Gasteiger partial charge on any atom is -0.495 e. The van der Waals surface area contributed by atoms with Crippen molar-refractivity contribution in [1.29, 1.82) is 0 Å². The van der Waals surface area contributed by atoms with Crippen LogP contribution in [0.25, 0.3) is 0 Å². The number of carbonyl (C=O) groups excluding carboxylic acids is 2. The Kier molecular flexibility index (Phi) is 5.86. The number of carbonyl (C=O) groups is 2. The molecule has 0 aliphatic carbocycles. The van der Waals surface area contributed by atoms with Gasteiger partial charge in [0.1, 0.15) is 11.6 Å². The van der Waals surface area contributed by atoms with Crippen LogP contribution in [0.3, 0.4) is 0 Å². The Morgan fingerprint density at radius 1 is 0.929 bits per heavy atom. The Morgan fingerprint density at radius 2 is 1.68 bits per heavy atom. The largest absolute Gasteiger partial charge is 0.495 e.